The molecule has 1 atom stereocenters. The Morgan fingerprint density at radius 2 is 1.85 bits per heavy atom. The molecule has 0 bridgehead atoms. The minimum atomic E-state index is -3.71. The van der Waals surface area contributed by atoms with Gasteiger partial charge in [-0.2, -0.15) is 0 Å². The summed E-state index contributed by atoms with van der Waals surface area (Å²) in [4.78, 5) is 12.5. The average Bonchev–Trinajstić information content (AvgIpc) is 2.66. The van der Waals surface area contributed by atoms with E-state index in [2.05, 4.69) is 15.4 Å². The van der Waals surface area contributed by atoms with E-state index >= 15 is 0 Å². The summed E-state index contributed by atoms with van der Waals surface area (Å²) in [6, 6.07) is 11.6. The highest BCUT2D eigenvalue weighted by Gasteiger charge is 2.19. The quantitative estimate of drug-likeness (QED) is 0.736. The number of sulfonamides is 1. The summed E-state index contributed by atoms with van der Waals surface area (Å²) in [5, 5.41) is 6.23. The first-order valence-electron chi connectivity index (χ1n) is 9.07. The van der Waals surface area contributed by atoms with Crippen molar-refractivity contribution in [2.75, 3.05) is 17.8 Å². The minimum Gasteiger partial charge on any atom is -0.348 e. The topological polar surface area (TPSA) is 87.3 Å². The van der Waals surface area contributed by atoms with Gasteiger partial charge in [0.25, 0.3) is 15.9 Å². The van der Waals surface area contributed by atoms with Crippen LogP contribution in [0.5, 0.6) is 0 Å². The molecule has 1 fully saturated rings. The first-order chi connectivity index (χ1) is 12.9. The molecule has 27 heavy (non-hydrogen) atoms. The number of benzene rings is 2. The number of anilines is 1. The Labute approximate surface area is 160 Å². The second kappa shape index (κ2) is 8.10. The maximum Gasteiger partial charge on any atom is 0.261 e. The summed E-state index contributed by atoms with van der Waals surface area (Å²) in [6.45, 7) is 5.55. The van der Waals surface area contributed by atoms with E-state index in [0.717, 1.165) is 37.1 Å². The standard InChI is InChI=1S/C20H25N3O3S/c1-14-5-3-7-19(15(14)2)23-27(25,26)18-10-8-16(9-11-18)20(24)22-17-6-4-12-21-13-17/h3,5,7-11,17,21,23H,4,6,12-13H2,1-2H3,(H,22,24)/t17-/m0/s1. The van der Waals surface area contributed by atoms with Crippen LogP contribution in [0.2, 0.25) is 0 Å². The van der Waals surface area contributed by atoms with Crippen LogP contribution in [0, 0.1) is 13.8 Å². The van der Waals surface area contributed by atoms with Gasteiger partial charge in [-0.1, -0.05) is 12.1 Å². The van der Waals surface area contributed by atoms with Gasteiger partial charge in [-0.05, 0) is 74.7 Å². The molecule has 7 heteroatoms. The average molecular weight is 388 g/mol. The van der Waals surface area contributed by atoms with E-state index in [1.54, 1.807) is 18.2 Å². The Morgan fingerprint density at radius 3 is 2.52 bits per heavy atom. The van der Waals surface area contributed by atoms with E-state index in [1.165, 1.54) is 12.1 Å². The molecule has 0 aromatic heterocycles. The van der Waals surface area contributed by atoms with E-state index in [-0.39, 0.29) is 16.8 Å². The molecule has 2 aromatic rings. The van der Waals surface area contributed by atoms with E-state index in [4.69, 9.17) is 0 Å². The summed E-state index contributed by atoms with van der Waals surface area (Å²) < 4.78 is 27.9. The van der Waals surface area contributed by atoms with Gasteiger partial charge in [0, 0.05) is 18.2 Å². The Kier molecular flexibility index (Phi) is 5.82. The number of hydrogen-bond donors (Lipinski definition) is 3. The predicted octanol–water partition coefficient (Wildman–Crippen LogP) is 2.59. The van der Waals surface area contributed by atoms with Gasteiger partial charge in [0.2, 0.25) is 0 Å². The van der Waals surface area contributed by atoms with Crippen LogP contribution in [-0.2, 0) is 10.0 Å². The van der Waals surface area contributed by atoms with Gasteiger partial charge < -0.3 is 10.6 Å². The van der Waals surface area contributed by atoms with Crippen LogP contribution in [0.25, 0.3) is 0 Å². The third kappa shape index (κ3) is 4.67. The van der Waals surface area contributed by atoms with Crippen LogP contribution in [0.15, 0.2) is 47.4 Å². The molecule has 3 N–H and O–H groups in total. The minimum absolute atomic E-state index is 0.112. The van der Waals surface area contributed by atoms with Crippen LogP contribution in [0.3, 0.4) is 0 Å². The van der Waals surface area contributed by atoms with Crippen molar-refractivity contribution in [2.24, 2.45) is 0 Å². The van der Waals surface area contributed by atoms with Crippen molar-refractivity contribution in [1.29, 1.82) is 0 Å². The summed E-state index contributed by atoms with van der Waals surface area (Å²) in [5.74, 6) is -0.185. The zero-order valence-electron chi connectivity index (χ0n) is 15.6. The van der Waals surface area contributed by atoms with Crippen LogP contribution in [0.4, 0.5) is 5.69 Å². The van der Waals surface area contributed by atoms with E-state index in [9.17, 15) is 13.2 Å². The number of amides is 1. The molecule has 0 spiro atoms. The van der Waals surface area contributed by atoms with Crippen molar-refractivity contribution < 1.29 is 13.2 Å². The van der Waals surface area contributed by atoms with Crippen molar-refractivity contribution in [3.63, 3.8) is 0 Å². The summed E-state index contributed by atoms with van der Waals surface area (Å²) in [5.41, 5.74) is 2.91. The number of rotatable bonds is 5. The number of aryl methyl sites for hydroxylation is 1. The molecule has 1 aliphatic rings. The lowest BCUT2D eigenvalue weighted by atomic mass is 10.1. The highest BCUT2D eigenvalue weighted by Crippen LogP contribution is 2.22. The van der Waals surface area contributed by atoms with Crippen molar-refractivity contribution in [1.82, 2.24) is 10.6 Å². The normalized spacial score (nSPS) is 17.3. The lowest BCUT2D eigenvalue weighted by Gasteiger charge is -2.23. The second-order valence-corrected chi connectivity index (χ2v) is 8.58. The second-order valence-electron chi connectivity index (χ2n) is 6.89. The molecule has 0 aliphatic carbocycles. The zero-order chi connectivity index (χ0) is 19.4. The van der Waals surface area contributed by atoms with Gasteiger partial charge >= 0.3 is 0 Å². The van der Waals surface area contributed by atoms with Gasteiger partial charge in [0.05, 0.1) is 10.6 Å². The molecular weight excluding hydrogens is 362 g/mol. The Balaban J connectivity index is 1.71. The van der Waals surface area contributed by atoms with E-state index < -0.39 is 10.0 Å². The van der Waals surface area contributed by atoms with Crippen molar-refractivity contribution in [2.45, 2.75) is 37.6 Å². The van der Waals surface area contributed by atoms with Crippen LogP contribution < -0.4 is 15.4 Å². The smallest absolute Gasteiger partial charge is 0.261 e. The molecule has 1 heterocycles. The maximum atomic E-state index is 12.6. The monoisotopic (exact) mass is 387 g/mol. The van der Waals surface area contributed by atoms with Crippen LogP contribution in [0.1, 0.15) is 34.3 Å². The van der Waals surface area contributed by atoms with Crippen molar-refractivity contribution in [3.05, 3.63) is 59.2 Å². The summed E-state index contributed by atoms with van der Waals surface area (Å²) in [7, 11) is -3.71. The van der Waals surface area contributed by atoms with E-state index in [1.807, 2.05) is 26.0 Å². The molecule has 2 aromatic carbocycles. The molecule has 144 valence electrons. The van der Waals surface area contributed by atoms with Crippen LogP contribution in [-0.4, -0.2) is 33.5 Å². The Bertz CT molecular complexity index is 918. The SMILES string of the molecule is Cc1cccc(NS(=O)(=O)c2ccc(C(=O)N[C@H]3CCCNC3)cc2)c1C. The lowest BCUT2D eigenvalue weighted by Crippen LogP contribution is -2.45. The Hall–Kier alpha value is -2.38. The van der Waals surface area contributed by atoms with E-state index in [0.29, 0.717) is 11.3 Å². The molecular formula is C20H25N3O3S. The number of carbonyl (C=O) groups is 1. The fourth-order valence-electron chi connectivity index (χ4n) is 3.09. The molecule has 0 radical (unpaired) electrons. The largest absolute Gasteiger partial charge is 0.348 e. The summed E-state index contributed by atoms with van der Waals surface area (Å²) >= 11 is 0. The number of hydrogen-bond acceptors (Lipinski definition) is 4. The number of piperidine rings is 1. The van der Waals surface area contributed by atoms with Crippen molar-refractivity contribution >= 4 is 21.6 Å². The number of carbonyl (C=O) groups excluding carboxylic acids is 1. The van der Waals surface area contributed by atoms with Gasteiger partial charge in [-0.3, -0.25) is 9.52 Å². The third-order valence-corrected chi connectivity index (χ3v) is 6.29. The predicted molar refractivity (Wildman–Crippen MR) is 107 cm³/mol. The molecule has 0 unspecified atom stereocenters. The first-order valence-corrected chi connectivity index (χ1v) is 10.6. The van der Waals surface area contributed by atoms with Crippen LogP contribution >= 0.6 is 0 Å². The number of nitrogens with one attached hydrogen (secondary N) is 3. The highest BCUT2D eigenvalue weighted by atomic mass is 32.2. The van der Waals surface area contributed by atoms with Gasteiger partial charge in [-0.15, -0.1) is 0 Å². The fraction of sp³-hybridized carbons (Fsp3) is 0.350. The third-order valence-electron chi connectivity index (χ3n) is 4.91. The molecule has 3 rings (SSSR count). The molecule has 1 aliphatic heterocycles. The Morgan fingerprint density at radius 1 is 1.11 bits per heavy atom. The highest BCUT2D eigenvalue weighted by molar-refractivity contribution is 7.92. The van der Waals surface area contributed by atoms with Gasteiger partial charge in [-0.25, -0.2) is 8.42 Å². The molecule has 6 nitrogen and oxygen atoms in total. The summed E-state index contributed by atoms with van der Waals surface area (Å²) in [6.07, 6.45) is 1.98. The lowest BCUT2D eigenvalue weighted by molar-refractivity contribution is 0.0930. The van der Waals surface area contributed by atoms with Crippen molar-refractivity contribution in [3.8, 4) is 0 Å². The first kappa shape index (κ1) is 19.4. The fourth-order valence-corrected chi connectivity index (χ4v) is 4.22. The van der Waals surface area contributed by atoms with Gasteiger partial charge in [0.15, 0.2) is 0 Å². The van der Waals surface area contributed by atoms with Gasteiger partial charge in [0.1, 0.15) is 0 Å². The molecule has 0 saturated carbocycles. The zero-order valence-corrected chi connectivity index (χ0v) is 16.4. The molecule has 1 amide bonds. The molecule has 1 saturated heterocycles. The maximum absolute atomic E-state index is 12.6.